The number of hydrogen-bond acceptors (Lipinski definition) is 1. The molecule has 0 heterocycles. The van der Waals surface area contributed by atoms with Crippen molar-refractivity contribution >= 4 is 22.4 Å². The van der Waals surface area contributed by atoms with Crippen molar-refractivity contribution in [3.63, 3.8) is 0 Å². The molecule has 2 rings (SSSR count). The fraction of sp³-hybridized carbons (Fsp3) is 0.0833. The lowest BCUT2D eigenvalue weighted by molar-refractivity contribution is 1.27. The highest BCUT2D eigenvalue weighted by Crippen LogP contribution is 2.24. The summed E-state index contributed by atoms with van der Waals surface area (Å²) in [4.78, 5) is 0. The summed E-state index contributed by atoms with van der Waals surface area (Å²) in [5.74, 6) is 0. The van der Waals surface area contributed by atoms with Crippen LogP contribution in [0.25, 0.3) is 10.8 Å². The summed E-state index contributed by atoms with van der Waals surface area (Å²) in [5.41, 5.74) is 1.03. The van der Waals surface area contributed by atoms with Crippen LogP contribution < -0.4 is 0 Å². The fourth-order valence-electron chi connectivity index (χ4n) is 1.49. The smallest absolute Gasteiger partial charge is 0.0669 e. The first kappa shape index (κ1) is 9.05. The van der Waals surface area contributed by atoms with Crippen molar-refractivity contribution < 1.29 is 0 Å². The maximum Gasteiger partial charge on any atom is 0.0669 e. The lowest BCUT2D eigenvalue weighted by Crippen LogP contribution is -1.81. The van der Waals surface area contributed by atoms with Crippen molar-refractivity contribution in [1.29, 1.82) is 5.26 Å². The molecule has 0 saturated heterocycles. The van der Waals surface area contributed by atoms with Gasteiger partial charge in [-0.25, -0.2) is 0 Å². The normalized spacial score (nSPS) is 10.0. The van der Waals surface area contributed by atoms with Crippen LogP contribution in [0.15, 0.2) is 36.4 Å². The molecular weight excluding hydrogens is 194 g/mol. The van der Waals surface area contributed by atoms with Gasteiger partial charge in [0.1, 0.15) is 0 Å². The van der Waals surface area contributed by atoms with Gasteiger partial charge in [-0.2, -0.15) is 5.26 Å². The highest BCUT2D eigenvalue weighted by molar-refractivity contribution is 6.35. The highest BCUT2D eigenvalue weighted by atomic mass is 35.5. The fourth-order valence-corrected chi connectivity index (χ4v) is 1.74. The summed E-state index contributed by atoms with van der Waals surface area (Å²) in [6.07, 6.45) is 0.447. The largest absolute Gasteiger partial charge is 0.198 e. The van der Waals surface area contributed by atoms with E-state index in [1.54, 1.807) is 0 Å². The van der Waals surface area contributed by atoms with Crippen LogP contribution in [0.3, 0.4) is 0 Å². The van der Waals surface area contributed by atoms with E-state index in [2.05, 4.69) is 6.07 Å². The molecule has 0 aliphatic heterocycles. The summed E-state index contributed by atoms with van der Waals surface area (Å²) in [6.45, 7) is 0. The number of hydrogen-bond donors (Lipinski definition) is 0. The second-order valence-electron chi connectivity index (χ2n) is 3.13. The molecule has 0 aliphatic rings. The maximum absolute atomic E-state index is 8.57. The molecule has 2 aromatic rings. The van der Waals surface area contributed by atoms with E-state index < -0.39 is 0 Å². The molecule has 0 radical (unpaired) electrons. The lowest BCUT2D eigenvalue weighted by atomic mass is 10.1. The second-order valence-corrected chi connectivity index (χ2v) is 3.54. The van der Waals surface area contributed by atoms with Crippen LogP contribution in [0.1, 0.15) is 5.56 Å². The van der Waals surface area contributed by atoms with Crippen LogP contribution in [0.4, 0.5) is 0 Å². The minimum atomic E-state index is 0.447. The molecular formula is C12H8ClN. The lowest BCUT2D eigenvalue weighted by Gasteiger charge is -2.01. The van der Waals surface area contributed by atoms with Crippen molar-refractivity contribution in [2.24, 2.45) is 0 Å². The van der Waals surface area contributed by atoms with E-state index in [0.29, 0.717) is 6.42 Å². The third-order valence-electron chi connectivity index (χ3n) is 2.17. The van der Waals surface area contributed by atoms with Crippen LogP contribution in [0.2, 0.25) is 5.02 Å². The molecule has 0 spiro atoms. The van der Waals surface area contributed by atoms with Crippen molar-refractivity contribution in [2.75, 3.05) is 0 Å². The molecule has 0 saturated carbocycles. The molecule has 0 fully saturated rings. The Hall–Kier alpha value is -1.52. The van der Waals surface area contributed by atoms with E-state index in [9.17, 15) is 0 Å². The molecule has 68 valence electrons. The second kappa shape index (κ2) is 3.69. The predicted molar refractivity (Wildman–Crippen MR) is 58.3 cm³/mol. The summed E-state index contributed by atoms with van der Waals surface area (Å²) >= 11 is 6.02. The number of rotatable bonds is 1. The molecule has 0 atom stereocenters. The Morgan fingerprint density at radius 3 is 2.86 bits per heavy atom. The zero-order chi connectivity index (χ0) is 9.97. The van der Waals surface area contributed by atoms with Gasteiger partial charge in [-0.3, -0.25) is 0 Å². The third kappa shape index (κ3) is 1.57. The average molecular weight is 202 g/mol. The zero-order valence-corrected chi connectivity index (χ0v) is 8.25. The number of fused-ring (bicyclic) bond motifs is 1. The summed E-state index contributed by atoms with van der Waals surface area (Å²) < 4.78 is 0. The third-order valence-corrected chi connectivity index (χ3v) is 2.50. The van der Waals surface area contributed by atoms with Crippen molar-refractivity contribution in [2.45, 2.75) is 6.42 Å². The monoisotopic (exact) mass is 201 g/mol. The van der Waals surface area contributed by atoms with Crippen molar-refractivity contribution in [3.8, 4) is 6.07 Å². The van der Waals surface area contributed by atoms with Gasteiger partial charge in [-0.05, 0) is 17.0 Å². The maximum atomic E-state index is 8.57. The molecule has 0 unspecified atom stereocenters. The van der Waals surface area contributed by atoms with E-state index in [1.807, 2.05) is 36.4 Å². The number of halogens is 1. The average Bonchev–Trinajstić information content (AvgIpc) is 2.18. The highest BCUT2D eigenvalue weighted by Gasteiger charge is 1.99. The van der Waals surface area contributed by atoms with Gasteiger partial charge in [0.05, 0.1) is 12.5 Å². The molecule has 2 aromatic carbocycles. The first-order valence-electron chi connectivity index (χ1n) is 4.35. The molecule has 14 heavy (non-hydrogen) atoms. The minimum absolute atomic E-state index is 0.447. The molecule has 0 N–H and O–H groups in total. The van der Waals surface area contributed by atoms with Gasteiger partial charge in [-0.1, -0.05) is 41.9 Å². The van der Waals surface area contributed by atoms with Crippen molar-refractivity contribution in [1.82, 2.24) is 0 Å². The van der Waals surface area contributed by atoms with Gasteiger partial charge in [0.25, 0.3) is 0 Å². The molecule has 1 nitrogen and oxygen atoms in total. The molecule has 0 amide bonds. The predicted octanol–water partition coefficient (Wildman–Crippen LogP) is 3.56. The van der Waals surface area contributed by atoms with E-state index in [4.69, 9.17) is 16.9 Å². The quantitative estimate of drug-likeness (QED) is 0.692. The summed E-state index contributed by atoms with van der Waals surface area (Å²) in [5, 5.41) is 11.5. The van der Waals surface area contributed by atoms with E-state index in [1.165, 1.54) is 0 Å². The summed E-state index contributed by atoms with van der Waals surface area (Å²) in [6, 6.07) is 13.8. The first-order chi connectivity index (χ1) is 6.81. The minimum Gasteiger partial charge on any atom is -0.198 e. The van der Waals surface area contributed by atoms with E-state index >= 15 is 0 Å². The Kier molecular flexibility index (Phi) is 2.39. The van der Waals surface area contributed by atoms with Crippen LogP contribution >= 0.6 is 11.6 Å². The molecule has 0 aromatic heterocycles. The van der Waals surface area contributed by atoms with Gasteiger partial charge in [0.2, 0.25) is 0 Å². The van der Waals surface area contributed by atoms with Gasteiger partial charge in [-0.15, -0.1) is 0 Å². The number of nitrogens with zero attached hydrogens (tertiary/aromatic N) is 1. The first-order valence-corrected chi connectivity index (χ1v) is 4.73. The van der Waals surface area contributed by atoms with Crippen LogP contribution in [0, 0.1) is 11.3 Å². The molecule has 0 aliphatic carbocycles. The van der Waals surface area contributed by atoms with Crippen LogP contribution in [-0.4, -0.2) is 0 Å². The Balaban J connectivity index is 2.63. The molecule has 0 bridgehead atoms. The standard InChI is InChI=1S/C12H8ClN/c13-12-3-1-2-10-8-9(6-7-14)4-5-11(10)12/h1-5,8H,6H2. The Morgan fingerprint density at radius 1 is 1.21 bits per heavy atom. The molecule has 2 heteroatoms. The zero-order valence-electron chi connectivity index (χ0n) is 7.50. The Labute approximate surface area is 87.5 Å². The SMILES string of the molecule is N#CCc1ccc2c(Cl)cccc2c1. The topological polar surface area (TPSA) is 23.8 Å². The Bertz CT molecular complexity index is 511. The van der Waals surface area contributed by atoms with Gasteiger partial charge >= 0.3 is 0 Å². The van der Waals surface area contributed by atoms with E-state index in [0.717, 1.165) is 21.4 Å². The Morgan fingerprint density at radius 2 is 2.07 bits per heavy atom. The van der Waals surface area contributed by atoms with Gasteiger partial charge < -0.3 is 0 Å². The summed E-state index contributed by atoms with van der Waals surface area (Å²) in [7, 11) is 0. The van der Waals surface area contributed by atoms with E-state index in [-0.39, 0.29) is 0 Å². The van der Waals surface area contributed by atoms with Gasteiger partial charge in [0, 0.05) is 10.4 Å². The van der Waals surface area contributed by atoms with Gasteiger partial charge in [0.15, 0.2) is 0 Å². The van der Waals surface area contributed by atoms with Crippen LogP contribution in [0.5, 0.6) is 0 Å². The van der Waals surface area contributed by atoms with Crippen LogP contribution in [-0.2, 0) is 6.42 Å². The number of nitriles is 1. The van der Waals surface area contributed by atoms with Crippen molar-refractivity contribution in [3.05, 3.63) is 47.0 Å². The number of benzene rings is 2.